The highest BCUT2D eigenvalue weighted by molar-refractivity contribution is 7.07. The molecule has 2 amide bonds. The first-order valence-electron chi connectivity index (χ1n) is 8.62. The summed E-state index contributed by atoms with van der Waals surface area (Å²) in [5, 5.41) is 11.0. The Bertz CT molecular complexity index is 874. The molecule has 0 radical (unpaired) electrons. The van der Waals surface area contributed by atoms with Crippen molar-refractivity contribution in [3.05, 3.63) is 52.0 Å². The van der Waals surface area contributed by atoms with Gasteiger partial charge in [0.05, 0.1) is 35.3 Å². The number of carbonyl (C=O) groups is 2. The highest BCUT2D eigenvalue weighted by atomic mass is 32.1. The molecule has 1 aromatic heterocycles. The number of hydrogen-bond acceptors (Lipinski definition) is 5. The first-order chi connectivity index (χ1) is 12.7. The lowest BCUT2D eigenvalue weighted by Crippen LogP contribution is -2.47. The van der Waals surface area contributed by atoms with Gasteiger partial charge in [-0.05, 0) is 31.0 Å². The van der Waals surface area contributed by atoms with Gasteiger partial charge in [0.1, 0.15) is 0 Å². The molecule has 7 heteroatoms. The second-order valence-corrected chi connectivity index (χ2v) is 7.50. The van der Waals surface area contributed by atoms with Crippen molar-refractivity contribution in [1.82, 2.24) is 14.8 Å². The first kappa shape index (κ1) is 16.7. The molecule has 3 aliphatic rings. The van der Waals surface area contributed by atoms with Crippen LogP contribution in [0, 0.1) is 17.2 Å². The van der Waals surface area contributed by atoms with E-state index in [4.69, 9.17) is 5.26 Å². The van der Waals surface area contributed by atoms with Crippen molar-refractivity contribution in [2.75, 3.05) is 13.1 Å². The van der Waals surface area contributed by atoms with Crippen LogP contribution < -0.4 is 0 Å². The van der Waals surface area contributed by atoms with Gasteiger partial charge in [-0.1, -0.05) is 6.07 Å². The fourth-order valence-electron chi connectivity index (χ4n) is 3.81. The molecule has 26 heavy (non-hydrogen) atoms. The van der Waals surface area contributed by atoms with Gasteiger partial charge in [-0.3, -0.25) is 9.59 Å². The Morgan fingerprint density at radius 1 is 1.35 bits per heavy atom. The van der Waals surface area contributed by atoms with E-state index < -0.39 is 0 Å². The van der Waals surface area contributed by atoms with Gasteiger partial charge < -0.3 is 9.80 Å². The summed E-state index contributed by atoms with van der Waals surface area (Å²) >= 11 is 1.52. The Labute approximate surface area is 155 Å². The minimum atomic E-state index is -0.157. The summed E-state index contributed by atoms with van der Waals surface area (Å²) in [7, 11) is 0. The molecule has 0 N–H and O–H groups in total. The lowest BCUT2D eigenvalue weighted by Gasteiger charge is -2.35. The maximum Gasteiger partial charge on any atom is 0.253 e. The number of nitrogens with zero attached hydrogens (tertiary/aromatic N) is 4. The van der Waals surface area contributed by atoms with Crippen molar-refractivity contribution in [1.29, 1.82) is 5.26 Å². The number of rotatable bonds is 3. The molecular weight excluding hydrogens is 348 g/mol. The van der Waals surface area contributed by atoms with E-state index in [1.807, 2.05) is 10.3 Å². The first-order valence-corrected chi connectivity index (χ1v) is 9.57. The van der Waals surface area contributed by atoms with Crippen molar-refractivity contribution in [2.45, 2.75) is 25.4 Å². The molecule has 6 nitrogen and oxygen atoms in total. The molecule has 3 saturated heterocycles. The van der Waals surface area contributed by atoms with E-state index in [1.54, 1.807) is 34.7 Å². The topological polar surface area (TPSA) is 77.3 Å². The van der Waals surface area contributed by atoms with E-state index in [2.05, 4.69) is 11.1 Å². The summed E-state index contributed by atoms with van der Waals surface area (Å²) in [4.78, 5) is 33.8. The number of nitriles is 1. The minimum absolute atomic E-state index is 0.0195. The smallest absolute Gasteiger partial charge is 0.253 e. The largest absolute Gasteiger partial charge is 0.336 e. The van der Waals surface area contributed by atoms with E-state index in [9.17, 15) is 9.59 Å². The van der Waals surface area contributed by atoms with Gasteiger partial charge in [-0.2, -0.15) is 5.26 Å². The van der Waals surface area contributed by atoms with Crippen molar-refractivity contribution < 1.29 is 9.59 Å². The van der Waals surface area contributed by atoms with Crippen LogP contribution in [0.5, 0.6) is 0 Å². The molecule has 5 rings (SSSR count). The fourth-order valence-corrected chi connectivity index (χ4v) is 4.36. The molecule has 132 valence electrons. The Morgan fingerprint density at radius 3 is 3.00 bits per heavy atom. The molecule has 0 aliphatic carbocycles. The van der Waals surface area contributed by atoms with Gasteiger partial charge >= 0.3 is 0 Å². The molecule has 2 bridgehead atoms. The Hall–Kier alpha value is -2.72. The average molecular weight is 366 g/mol. The fraction of sp³-hybridized carbons (Fsp3) is 0.368. The Morgan fingerprint density at radius 2 is 2.23 bits per heavy atom. The number of fused-ring (bicyclic) bond motifs is 4. The minimum Gasteiger partial charge on any atom is -0.336 e. The standard InChI is InChI=1S/C19H18N4O2S/c20-7-13-2-1-3-14(6-13)18(24)22-8-15-4-5-17(10-22)23(19(15)25)9-16-11-26-12-21-16/h1-3,6,11-12,15,17H,4-5,8-10H2/t15-,17+/m0/s1. The molecule has 2 atom stereocenters. The van der Waals surface area contributed by atoms with Crippen molar-refractivity contribution in [3.63, 3.8) is 0 Å². The maximum atomic E-state index is 12.9. The van der Waals surface area contributed by atoms with Crippen LogP contribution in [0.25, 0.3) is 0 Å². The molecule has 2 aromatic rings. The van der Waals surface area contributed by atoms with Crippen LogP contribution in [0.2, 0.25) is 0 Å². The summed E-state index contributed by atoms with van der Waals surface area (Å²) in [6.07, 6.45) is 1.72. The monoisotopic (exact) mass is 366 g/mol. The van der Waals surface area contributed by atoms with Crippen molar-refractivity contribution >= 4 is 23.2 Å². The predicted octanol–water partition coefficient (Wildman–Crippen LogP) is 2.28. The SMILES string of the molecule is N#Cc1cccc(C(=O)N2C[C@@H]3CC[C@H](C2)N(Cc2cscn2)C3=O)c1. The van der Waals surface area contributed by atoms with Gasteiger partial charge in [-0.25, -0.2) is 4.98 Å². The highest BCUT2D eigenvalue weighted by Crippen LogP contribution is 2.31. The van der Waals surface area contributed by atoms with Crippen LogP contribution in [-0.4, -0.2) is 45.7 Å². The lowest BCUT2D eigenvalue weighted by atomic mass is 9.94. The number of thiazole rings is 1. The number of carbonyl (C=O) groups excluding carboxylic acids is 2. The van der Waals surface area contributed by atoms with Crippen molar-refractivity contribution in [2.24, 2.45) is 5.92 Å². The molecule has 3 aliphatic heterocycles. The molecule has 0 saturated carbocycles. The number of hydrogen-bond donors (Lipinski definition) is 0. The van der Waals surface area contributed by atoms with Crippen molar-refractivity contribution in [3.8, 4) is 6.07 Å². The van der Waals surface area contributed by atoms with Crippen LogP contribution in [0.15, 0.2) is 35.2 Å². The molecular formula is C19H18N4O2S. The van der Waals surface area contributed by atoms with Gasteiger partial charge in [0.15, 0.2) is 0 Å². The van der Waals surface area contributed by atoms with E-state index in [0.717, 1.165) is 18.5 Å². The van der Waals surface area contributed by atoms with E-state index in [-0.39, 0.29) is 23.8 Å². The average Bonchev–Trinajstić information content (AvgIpc) is 3.04. The number of piperidine rings is 1. The summed E-state index contributed by atoms with van der Waals surface area (Å²) in [6, 6.07) is 8.83. The third-order valence-corrected chi connectivity index (χ3v) is 5.77. The zero-order chi connectivity index (χ0) is 18.1. The second-order valence-electron chi connectivity index (χ2n) is 6.78. The van der Waals surface area contributed by atoms with E-state index >= 15 is 0 Å². The van der Waals surface area contributed by atoms with Gasteiger partial charge in [0.25, 0.3) is 5.91 Å². The van der Waals surface area contributed by atoms with Crippen LogP contribution in [0.3, 0.4) is 0 Å². The zero-order valence-electron chi connectivity index (χ0n) is 14.2. The summed E-state index contributed by atoms with van der Waals surface area (Å²) in [6.45, 7) is 1.48. The van der Waals surface area contributed by atoms with Crippen LogP contribution in [0.4, 0.5) is 0 Å². The van der Waals surface area contributed by atoms with Gasteiger partial charge in [0, 0.05) is 30.1 Å². The maximum absolute atomic E-state index is 12.9. The predicted molar refractivity (Wildman–Crippen MR) is 96.2 cm³/mol. The van der Waals surface area contributed by atoms with Gasteiger partial charge in [-0.15, -0.1) is 11.3 Å². The van der Waals surface area contributed by atoms with Gasteiger partial charge in [0.2, 0.25) is 5.91 Å². The molecule has 4 heterocycles. The summed E-state index contributed by atoms with van der Waals surface area (Å²) in [5.41, 5.74) is 3.64. The van der Waals surface area contributed by atoms with E-state index in [1.165, 1.54) is 11.3 Å². The normalized spacial score (nSPS) is 22.2. The zero-order valence-corrected chi connectivity index (χ0v) is 15.0. The highest BCUT2D eigenvalue weighted by Gasteiger charge is 2.42. The molecule has 3 fully saturated rings. The van der Waals surface area contributed by atoms with Crippen LogP contribution >= 0.6 is 11.3 Å². The number of amides is 2. The quantitative estimate of drug-likeness (QED) is 0.835. The Balaban J connectivity index is 1.56. The third-order valence-electron chi connectivity index (χ3n) is 5.13. The summed E-state index contributed by atoms with van der Waals surface area (Å²) in [5.74, 6) is -0.145. The second kappa shape index (κ2) is 6.89. The molecule has 0 unspecified atom stereocenters. The van der Waals surface area contributed by atoms with Crippen LogP contribution in [-0.2, 0) is 11.3 Å². The van der Waals surface area contributed by atoms with Crippen LogP contribution in [0.1, 0.15) is 34.5 Å². The lowest BCUT2D eigenvalue weighted by molar-refractivity contribution is -0.140. The molecule has 1 aromatic carbocycles. The Kier molecular flexibility index (Phi) is 4.43. The summed E-state index contributed by atoms with van der Waals surface area (Å²) < 4.78 is 0. The third kappa shape index (κ3) is 3.08. The number of benzene rings is 1. The molecule has 0 spiro atoms. The number of aromatic nitrogens is 1. The van der Waals surface area contributed by atoms with E-state index in [0.29, 0.717) is 30.8 Å².